The second-order valence-corrected chi connectivity index (χ2v) is 11.9. The van der Waals surface area contributed by atoms with Crippen molar-refractivity contribution in [3.63, 3.8) is 0 Å². The summed E-state index contributed by atoms with van der Waals surface area (Å²) in [6.45, 7) is 6.05. The van der Waals surface area contributed by atoms with E-state index >= 15 is 0 Å². The van der Waals surface area contributed by atoms with Gasteiger partial charge in [-0.2, -0.15) is 0 Å². The summed E-state index contributed by atoms with van der Waals surface area (Å²) < 4.78 is 37.9. The van der Waals surface area contributed by atoms with E-state index in [1.807, 2.05) is 38.1 Å². The van der Waals surface area contributed by atoms with Crippen LogP contribution in [0.2, 0.25) is 0 Å². The minimum absolute atomic E-state index is 0.0113. The Labute approximate surface area is 227 Å². The molecular weight excluding hydrogens is 562 g/mol. The number of hydrogen-bond donors (Lipinski definition) is 1. The Morgan fingerprint density at radius 3 is 2.51 bits per heavy atom. The smallest absolute Gasteiger partial charge is 0.242 e. The summed E-state index contributed by atoms with van der Waals surface area (Å²) >= 11 is 3.45. The molecule has 0 aliphatic carbocycles. The number of carbonyl (C=O) groups is 2. The SMILES string of the molecule is CC[C@H](C)NC(=O)[C@H](C)N(Cc1cccc(Br)c1)C(=O)CCCN(c1ccc2c(c1)OCO2)S(C)(=O)=O. The van der Waals surface area contributed by atoms with Crippen molar-refractivity contribution in [3.05, 3.63) is 52.5 Å². The van der Waals surface area contributed by atoms with E-state index in [0.717, 1.165) is 22.7 Å². The van der Waals surface area contributed by atoms with Gasteiger partial charge in [-0.3, -0.25) is 13.9 Å². The molecule has 0 fully saturated rings. The summed E-state index contributed by atoms with van der Waals surface area (Å²) in [7, 11) is -3.61. The van der Waals surface area contributed by atoms with Gasteiger partial charge >= 0.3 is 0 Å². The van der Waals surface area contributed by atoms with Gasteiger partial charge in [-0.1, -0.05) is 35.0 Å². The predicted octanol–water partition coefficient (Wildman–Crippen LogP) is 4.06. The van der Waals surface area contributed by atoms with Crippen molar-refractivity contribution < 1.29 is 27.5 Å². The van der Waals surface area contributed by atoms with Crippen molar-refractivity contribution in [2.24, 2.45) is 0 Å². The van der Waals surface area contributed by atoms with Crippen LogP contribution in [0.4, 0.5) is 5.69 Å². The van der Waals surface area contributed by atoms with Gasteiger partial charge in [-0.15, -0.1) is 0 Å². The number of halogens is 1. The maximum absolute atomic E-state index is 13.4. The third-order valence-corrected chi connectivity index (χ3v) is 7.89. The quantitative estimate of drug-likeness (QED) is 0.397. The van der Waals surface area contributed by atoms with Crippen LogP contribution in [0, 0.1) is 0 Å². The molecule has 9 nitrogen and oxygen atoms in total. The zero-order valence-electron chi connectivity index (χ0n) is 21.6. The first-order valence-corrected chi connectivity index (χ1v) is 14.9. The molecule has 37 heavy (non-hydrogen) atoms. The molecule has 1 aliphatic rings. The van der Waals surface area contributed by atoms with Crippen LogP contribution >= 0.6 is 15.9 Å². The van der Waals surface area contributed by atoms with E-state index < -0.39 is 16.1 Å². The Bertz CT molecular complexity index is 1220. The van der Waals surface area contributed by atoms with E-state index in [-0.39, 0.29) is 50.6 Å². The van der Waals surface area contributed by atoms with E-state index in [1.54, 1.807) is 30.0 Å². The lowest BCUT2D eigenvalue weighted by molar-refractivity contribution is -0.140. The first kappa shape index (κ1) is 28.8. The van der Waals surface area contributed by atoms with E-state index in [0.29, 0.717) is 17.2 Å². The Hall–Kier alpha value is -2.79. The van der Waals surface area contributed by atoms with Crippen molar-refractivity contribution in [3.8, 4) is 11.5 Å². The molecule has 2 aromatic rings. The lowest BCUT2D eigenvalue weighted by Crippen LogP contribution is -2.49. The summed E-state index contributed by atoms with van der Waals surface area (Å²) in [4.78, 5) is 27.8. The molecule has 2 atom stereocenters. The molecule has 1 heterocycles. The van der Waals surface area contributed by atoms with Crippen LogP contribution in [-0.2, 0) is 26.2 Å². The van der Waals surface area contributed by atoms with Crippen LogP contribution in [-0.4, -0.2) is 56.8 Å². The number of hydrogen-bond acceptors (Lipinski definition) is 6. The lowest BCUT2D eigenvalue weighted by Gasteiger charge is -2.30. The molecule has 0 radical (unpaired) electrons. The predicted molar refractivity (Wildman–Crippen MR) is 146 cm³/mol. The second kappa shape index (κ2) is 12.6. The van der Waals surface area contributed by atoms with E-state index in [4.69, 9.17) is 9.47 Å². The van der Waals surface area contributed by atoms with Crippen LogP contribution < -0.4 is 19.1 Å². The van der Waals surface area contributed by atoms with Crippen LogP contribution in [0.1, 0.15) is 45.6 Å². The van der Waals surface area contributed by atoms with Crippen molar-refractivity contribution >= 4 is 43.5 Å². The first-order valence-electron chi connectivity index (χ1n) is 12.2. The normalized spacial score (nSPS) is 14.1. The molecular formula is C26H34BrN3O6S. The topological polar surface area (TPSA) is 105 Å². The molecule has 0 saturated heterocycles. The minimum Gasteiger partial charge on any atom is -0.454 e. The highest BCUT2D eigenvalue weighted by Gasteiger charge is 2.27. The number of ether oxygens (including phenoxy) is 2. The summed E-state index contributed by atoms with van der Waals surface area (Å²) in [6, 6.07) is 11.8. The molecule has 202 valence electrons. The van der Waals surface area contributed by atoms with E-state index in [2.05, 4.69) is 21.2 Å². The Morgan fingerprint density at radius 2 is 1.84 bits per heavy atom. The third kappa shape index (κ3) is 7.85. The number of nitrogens with one attached hydrogen (secondary N) is 1. The molecule has 2 aromatic carbocycles. The molecule has 11 heteroatoms. The number of fused-ring (bicyclic) bond motifs is 1. The fourth-order valence-electron chi connectivity index (χ4n) is 3.92. The van der Waals surface area contributed by atoms with Gasteiger partial charge in [-0.05, 0) is 56.5 Å². The maximum Gasteiger partial charge on any atom is 0.242 e. The Kier molecular flexibility index (Phi) is 9.83. The number of carbonyl (C=O) groups excluding carboxylic acids is 2. The first-order chi connectivity index (χ1) is 17.5. The van der Waals surface area contributed by atoms with Crippen LogP contribution in [0.25, 0.3) is 0 Å². The molecule has 1 N–H and O–H groups in total. The number of amides is 2. The van der Waals surface area contributed by atoms with Gasteiger partial charge in [-0.25, -0.2) is 8.42 Å². The summed E-state index contributed by atoms with van der Waals surface area (Å²) in [5, 5.41) is 2.95. The monoisotopic (exact) mass is 595 g/mol. The third-order valence-electron chi connectivity index (χ3n) is 6.21. The van der Waals surface area contributed by atoms with Gasteiger partial charge in [0.15, 0.2) is 11.5 Å². The average Bonchev–Trinajstić information content (AvgIpc) is 3.31. The zero-order valence-corrected chi connectivity index (χ0v) is 24.0. The average molecular weight is 597 g/mol. The Morgan fingerprint density at radius 1 is 1.11 bits per heavy atom. The van der Waals surface area contributed by atoms with Crippen LogP contribution in [0.15, 0.2) is 46.9 Å². The van der Waals surface area contributed by atoms with Gasteiger partial charge in [0.2, 0.25) is 28.6 Å². The highest BCUT2D eigenvalue weighted by atomic mass is 79.9. The van der Waals surface area contributed by atoms with Gasteiger partial charge in [0.25, 0.3) is 0 Å². The molecule has 1 aliphatic heterocycles. The highest BCUT2D eigenvalue weighted by Crippen LogP contribution is 2.36. The van der Waals surface area contributed by atoms with Gasteiger partial charge < -0.3 is 19.7 Å². The minimum atomic E-state index is -3.61. The van der Waals surface area contributed by atoms with Crippen LogP contribution in [0.5, 0.6) is 11.5 Å². The molecule has 2 amide bonds. The van der Waals surface area contributed by atoms with Crippen molar-refractivity contribution in [2.45, 2.75) is 58.7 Å². The van der Waals surface area contributed by atoms with Crippen molar-refractivity contribution in [1.29, 1.82) is 0 Å². The number of sulfonamides is 1. The zero-order chi connectivity index (χ0) is 27.2. The Balaban J connectivity index is 1.73. The summed E-state index contributed by atoms with van der Waals surface area (Å²) in [5.74, 6) is 0.575. The van der Waals surface area contributed by atoms with Gasteiger partial charge in [0, 0.05) is 36.1 Å². The molecule has 0 spiro atoms. The van der Waals surface area contributed by atoms with Gasteiger partial charge in [0.05, 0.1) is 11.9 Å². The molecule has 0 bridgehead atoms. The number of nitrogens with zero attached hydrogens (tertiary/aromatic N) is 2. The fraction of sp³-hybridized carbons (Fsp3) is 0.462. The summed E-state index contributed by atoms with van der Waals surface area (Å²) in [5.41, 5.74) is 1.32. The second-order valence-electron chi connectivity index (χ2n) is 9.12. The fourth-order valence-corrected chi connectivity index (χ4v) is 5.33. The van der Waals surface area contributed by atoms with E-state index in [1.165, 1.54) is 4.31 Å². The maximum atomic E-state index is 13.4. The number of anilines is 1. The van der Waals surface area contributed by atoms with E-state index in [9.17, 15) is 18.0 Å². The largest absolute Gasteiger partial charge is 0.454 e. The van der Waals surface area contributed by atoms with Crippen LogP contribution in [0.3, 0.4) is 0 Å². The highest BCUT2D eigenvalue weighted by molar-refractivity contribution is 9.10. The van der Waals surface area contributed by atoms with Gasteiger partial charge in [0.1, 0.15) is 6.04 Å². The molecule has 0 unspecified atom stereocenters. The van der Waals surface area contributed by atoms with Crippen molar-refractivity contribution in [1.82, 2.24) is 10.2 Å². The standard InChI is InChI=1S/C26H34BrN3O6S/c1-5-18(2)28-26(32)19(3)29(16-20-8-6-9-21(27)14-20)25(31)10-7-13-30(37(4,33)34)22-11-12-23-24(15-22)36-17-35-23/h6,8-9,11-12,14-15,18-19H,5,7,10,13,16-17H2,1-4H3,(H,28,32)/t18-,19-/m0/s1. The lowest BCUT2D eigenvalue weighted by atomic mass is 10.1. The molecule has 0 aromatic heterocycles. The number of benzene rings is 2. The molecule has 0 saturated carbocycles. The molecule has 3 rings (SSSR count). The van der Waals surface area contributed by atoms with Crippen molar-refractivity contribution in [2.75, 3.05) is 23.9 Å². The summed E-state index contributed by atoms with van der Waals surface area (Å²) in [6.07, 6.45) is 2.25. The number of rotatable bonds is 12.